The third-order valence-electron chi connectivity index (χ3n) is 15.2. The van der Waals surface area contributed by atoms with Crippen LogP contribution in [0.5, 0.6) is 0 Å². The van der Waals surface area contributed by atoms with Crippen LogP contribution < -0.4 is 16.4 Å². The number of para-hydroxylation sites is 2. The number of rotatable bonds is 4. The van der Waals surface area contributed by atoms with Crippen molar-refractivity contribution >= 4 is 44.9 Å². The van der Waals surface area contributed by atoms with Gasteiger partial charge in [0, 0.05) is 55.4 Å². The summed E-state index contributed by atoms with van der Waals surface area (Å²) in [5, 5.41) is 2.64. The Morgan fingerprint density at radius 3 is 1.06 bits per heavy atom. The van der Waals surface area contributed by atoms with Crippen molar-refractivity contribution in [3.8, 4) is 33.9 Å². The average molecular weight is 797 g/mol. The molecule has 0 N–H and O–H groups in total. The van der Waals surface area contributed by atoms with Crippen LogP contribution in [0.2, 0.25) is 0 Å². The Hall–Kier alpha value is -7.88. The molecule has 0 atom stereocenters. The van der Waals surface area contributed by atoms with Crippen LogP contribution >= 0.6 is 0 Å². The molecular weight excluding hydrogens is 759 g/mol. The van der Waals surface area contributed by atoms with Gasteiger partial charge in [-0.15, -0.1) is 0 Å². The first-order valence-corrected chi connectivity index (χ1v) is 22.2. The standard InChI is InChI=1S/C60H37BN2/c1-5-20-38(21-6-1)59(39-22-7-2-8-23-39)46-32-15-13-28-42(46)57-52(59)44-30-17-34-48-55(44)62(57)50-36-19-37-51-54(50)61(48)49-35-18-31-45-53-58(63(51)56(45)49)43-29-14-16-33-47(43)60(53,40-24-9-3-10-25-40)41-26-11-4-12-27-41/h1-37H. The van der Waals surface area contributed by atoms with Gasteiger partial charge in [-0.3, -0.25) is 0 Å². The van der Waals surface area contributed by atoms with Crippen LogP contribution in [0.1, 0.15) is 44.5 Å². The first-order valence-electron chi connectivity index (χ1n) is 22.2. The Bertz CT molecular complexity index is 3410. The molecule has 2 aliphatic heterocycles. The number of nitrogens with zero attached hydrogens (tertiary/aromatic N) is 2. The Kier molecular flexibility index (Phi) is 6.40. The number of hydrogen-bond donors (Lipinski definition) is 0. The van der Waals surface area contributed by atoms with Crippen LogP contribution in [0.4, 0.5) is 0 Å². The zero-order chi connectivity index (χ0) is 41.0. The van der Waals surface area contributed by atoms with Crippen molar-refractivity contribution in [2.75, 3.05) is 0 Å². The number of aromatic nitrogens is 2. The van der Waals surface area contributed by atoms with Crippen molar-refractivity contribution in [1.29, 1.82) is 0 Å². The highest BCUT2D eigenvalue weighted by Gasteiger charge is 2.54. The van der Waals surface area contributed by atoms with Gasteiger partial charge in [-0.05, 0) is 61.9 Å². The lowest BCUT2D eigenvalue weighted by atomic mass is 9.34. The average Bonchev–Trinajstić information content (AvgIpc) is 4.07. The summed E-state index contributed by atoms with van der Waals surface area (Å²) in [5.74, 6) is 0. The van der Waals surface area contributed by atoms with E-state index < -0.39 is 10.8 Å². The molecule has 0 saturated carbocycles. The Morgan fingerprint density at radius 1 is 0.317 bits per heavy atom. The first-order chi connectivity index (χ1) is 31.3. The molecule has 2 nitrogen and oxygen atoms in total. The molecule has 4 heterocycles. The van der Waals surface area contributed by atoms with E-state index in [1.165, 1.54) is 117 Å². The van der Waals surface area contributed by atoms with Crippen molar-refractivity contribution in [3.63, 3.8) is 0 Å². The van der Waals surface area contributed by atoms with E-state index in [4.69, 9.17) is 0 Å². The molecule has 15 rings (SSSR count). The van der Waals surface area contributed by atoms with Gasteiger partial charge in [0.1, 0.15) is 0 Å². The fourth-order valence-electron chi connectivity index (χ4n) is 13.2. The van der Waals surface area contributed by atoms with Gasteiger partial charge in [0.05, 0.1) is 22.2 Å². The molecule has 0 saturated heterocycles. The molecule has 0 fully saturated rings. The molecular formula is C60H37BN2. The highest BCUT2D eigenvalue weighted by Crippen LogP contribution is 2.62. The lowest BCUT2D eigenvalue weighted by Crippen LogP contribution is -2.59. The van der Waals surface area contributed by atoms with Crippen LogP contribution in [0.3, 0.4) is 0 Å². The minimum absolute atomic E-state index is 0.0461. The zero-order valence-corrected chi connectivity index (χ0v) is 34.3. The van der Waals surface area contributed by atoms with Crippen molar-refractivity contribution in [3.05, 3.63) is 269 Å². The van der Waals surface area contributed by atoms with E-state index in [0.29, 0.717) is 0 Å². The van der Waals surface area contributed by atoms with Crippen LogP contribution in [0, 0.1) is 0 Å². The third kappa shape index (κ3) is 3.82. The van der Waals surface area contributed by atoms with Crippen molar-refractivity contribution in [2.24, 2.45) is 0 Å². The van der Waals surface area contributed by atoms with Gasteiger partial charge < -0.3 is 9.13 Å². The van der Waals surface area contributed by atoms with Gasteiger partial charge >= 0.3 is 0 Å². The zero-order valence-electron chi connectivity index (χ0n) is 34.3. The summed E-state index contributed by atoms with van der Waals surface area (Å²) in [6, 6.07) is 84.8. The minimum Gasteiger partial charge on any atom is -0.310 e. The van der Waals surface area contributed by atoms with Crippen molar-refractivity contribution < 1.29 is 0 Å². The van der Waals surface area contributed by atoms with Crippen LogP contribution in [-0.4, -0.2) is 15.8 Å². The molecule has 3 heteroatoms. The summed E-state index contributed by atoms with van der Waals surface area (Å²) in [6.45, 7) is 0.0461. The van der Waals surface area contributed by atoms with E-state index in [1.807, 2.05) is 0 Å². The van der Waals surface area contributed by atoms with E-state index in [0.717, 1.165) is 0 Å². The van der Waals surface area contributed by atoms with Gasteiger partial charge in [0.15, 0.2) is 0 Å². The van der Waals surface area contributed by atoms with Gasteiger partial charge in [0.25, 0.3) is 6.71 Å². The number of fused-ring (bicyclic) bond motifs is 14. The van der Waals surface area contributed by atoms with Gasteiger partial charge in [-0.25, -0.2) is 0 Å². The van der Waals surface area contributed by atoms with Crippen LogP contribution in [0.15, 0.2) is 224 Å². The molecule has 2 aliphatic carbocycles. The second kappa shape index (κ2) is 11.9. The third-order valence-corrected chi connectivity index (χ3v) is 15.2. The molecule has 63 heavy (non-hydrogen) atoms. The summed E-state index contributed by atoms with van der Waals surface area (Å²) in [4.78, 5) is 0. The largest absolute Gasteiger partial charge is 0.310 e. The predicted molar refractivity (Wildman–Crippen MR) is 259 cm³/mol. The molecule has 0 radical (unpaired) electrons. The molecule has 2 aromatic heterocycles. The summed E-state index contributed by atoms with van der Waals surface area (Å²) < 4.78 is 5.34. The van der Waals surface area contributed by atoms with E-state index in [-0.39, 0.29) is 6.71 Å². The second-order valence-corrected chi connectivity index (χ2v) is 17.8. The summed E-state index contributed by atoms with van der Waals surface area (Å²) in [5.41, 5.74) is 24.0. The maximum atomic E-state index is 2.67. The van der Waals surface area contributed by atoms with E-state index in [1.54, 1.807) is 0 Å². The predicted octanol–water partition coefficient (Wildman–Crippen LogP) is 11.4. The Balaban J connectivity index is 1.10. The fourth-order valence-corrected chi connectivity index (χ4v) is 13.2. The first kappa shape index (κ1) is 33.8. The van der Waals surface area contributed by atoms with Crippen LogP contribution in [-0.2, 0) is 10.8 Å². The molecule has 9 aromatic carbocycles. The number of hydrogen-bond acceptors (Lipinski definition) is 0. The van der Waals surface area contributed by atoms with Gasteiger partial charge in [0.2, 0.25) is 0 Å². The lowest BCUT2D eigenvalue weighted by molar-refractivity contribution is 0.775. The van der Waals surface area contributed by atoms with Crippen molar-refractivity contribution in [1.82, 2.24) is 9.13 Å². The fraction of sp³-hybridized carbons (Fsp3) is 0.0333. The molecule has 0 unspecified atom stereocenters. The quantitative estimate of drug-likeness (QED) is 0.157. The van der Waals surface area contributed by atoms with Gasteiger partial charge in [-0.2, -0.15) is 0 Å². The molecule has 4 aliphatic rings. The van der Waals surface area contributed by atoms with E-state index >= 15 is 0 Å². The smallest absolute Gasteiger partial charge is 0.252 e. The summed E-state index contributed by atoms with van der Waals surface area (Å²) in [6.07, 6.45) is 0. The normalized spacial score (nSPS) is 14.9. The monoisotopic (exact) mass is 796 g/mol. The highest BCUT2D eigenvalue weighted by molar-refractivity contribution is 7.00. The Morgan fingerprint density at radius 2 is 0.667 bits per heavy atom. The van der Waals surface area contributed by atoms with E-state index in [9.17, 15) is 0 Å². The number of benzene rings is 9. The molecule has 0 spiro atoms. The summed E-state index contributed by atoms with van der Waals surface area (Å²) in [7, 11) is 0. The molecule has 0 amide bonds. The maximum absolute atomic E-state index is 2.67. The Labute approximate surface area is 366 Å². The van der Waals surface area contributed by atoms with Gasteiger partial charge in [-0.1, -0.05) is 212 Å². The summed E-state index contributed by atoms with van der Waals surface area (Å²) >= 11 is 0. The highest BCUT2D eigenvalue weighted by atomic mass is 15.1. The molecule has 290 valence electrons. The topological polar surface area (TPSA) is 9.86 Å². The molecule has 11 aromatic rings. The lowest BCUT2D eigenvalue weighted by Gasteiger charge is -2.35. The second-order valence-electron chi connectivity index (χ2n) is 17.8. The van der Waals surface area contributed by atoms with Crippen LogP contribution in [0.25, 0.3) is 55.7 Å². The maximum Gasteiger partial charge on any atom is 0.252 e. The minimum atomic E-state index is -0.512. The van der Waals surface area contributed by atoms with E-state index in [2.05, 4.69) is 234 Å². The SMILES string of the molecule is c1ccc(C2(c3ccccc3)c3ccccc3-c3c2c2cccc4c2n3-c2cccc3c2B4c2cccc4c5c(n-3c24)-c2ccccc2C5(c2ccccc2)c2ccccc2)cc1. The molecule has 0 bridgehead atoms. The van der Waals surface area contributed by atoms with Crippen molar-refractivity contribution in [2.45, 2.75) is 10.8 Å².